The summed E-state index contributed by atoms with van der Waals surface area (Å²) in [6, 6.07) is 4.93. The van der Waals surface area contributed by atoms with E-state index in [0.29, 0.717) is 30.4 Å². The third-order valence-electron chi connectivity index (χ3n) is 4.64. The molecule has 27 heavy (non-hydrogen) atoms. The molecule has 2 N–H and O–H groups in total. The fourth-order valence-corrected chi connectivity index (χ4v) is 3.35. The summed E-state index contributed by atoms with van der Waals surface area (Å²) in [7, 11) is 0. The molecule has 0 bridgehead atoms. The Hall–Kier alpha value is -2.88. The van der Waals surface area contributed by atoms with Crippen molar-refractivity contribution in [1.82, 2.24) is 10.5 Å². The Labute approximate surface area is 151 Å². The third-order valence-corrected chi connectivity index (χ3v) is 4.64. The number of anilines is 2. The number of fused-ring (bicyclic) bond motifs is 3. The van der Waals surface area contributed by atoms with E-state index in [1.54, 1.807) is 12.1 Å². The number of carbonyl (C=O) groups is 2. The number of nitrogens with zero attached hydrogens (tertiary/aromatic N) is 2. The number of amides is 1. The quantitative estimate of drug-likeness (QED) is 0.832. The van der Waals surface area contributed by atoms with Crippen LogP contribution in [0.1, 0.15) is 32.8 Å². The van der Waals surface area contributed by atoms with Crippen molar-refractivity contribution >= 4 is 23.3 Å². The van der Waals surface area contributed by atoms with E-state index in [-0.39, 0.29) is 17.4 Å². The van der Waals surface area contributed by atoms with Gasteiger partial charge in [0.25, 0.3) is 5.91 Å². The van der Waals surface area contributed by atoms with Crippen LogP contribution in [0, 0.1) is 0 Å². The second kappa shape index (κ2) is 6.38. The van der Waals surface area contributed by atoms with E-state index in [9.17, 15) is 22.8 Å². The van der Waals surface area contributed by atoms with Crippen LogP contribution in [0.25, 0.3) is 0 Å². The van der Waals surface area contributed by atoms with Crippen molar-refractivity contribution in [1.29, 1.82) is 0 Å². The Morgan fingerprint density at radius 2 is 2.15 bits per heavy atom. The molecule has 1 fully saturated rings. The maximum atomic E-state index is 12.6. The monoisotopic (exact) mass is 380 g/mol. The molecule has 2 aliphatic heterocycles. The van der Waals surface area contributed by atoms with Gasteiger partial charge in [-0.15, -0.1) is 0 Å². The largest absolute Gasteiger partial charge is 0.436 e. The van der Waals surface area contributed by atoms with Gasteiger partial charge in [0.2, 0.25) is 5.88 Å². The zero-order valence-corrected chi connectivity index (χ0v) is 14.0. The predicted molar refractivity (Wildman–Crippen MR) is 88.9 cm³/mol. The van der Waals surface area contributed by atoms with Crippen LogP contribution in [-0.2, 0) is 6.18 Å². The standard InChI is InChI=1S/C17H15F3N4O3/c18-17(19,20)13-7-14(27-23-13)22-16(26)9-2-3-10-11(6-9)24-5-1-4-21-8-12(24)15(10)25/h2-3,6-7,12,21H,1,4-5,8H2,(H,22,26). The highest BCUT2D eigenvalue weighted by Gasteiger charge is 2.38. The van der Waals surface area contributed by atoms with Gasteiger partial charge in [0.1, 0.15) is 6.04 Å². The Morgan fingerprint density at radius 1 is 1.33 bits per heavy atom. The number of carbonyl (C=O) groups excluding carboxylic acids is 2. The highest BCUT2D eigenvalue weighted by molar-refractivity contribution is 6.13. The van der Waals surface area contributed by atoms with Gasteiger partial charge in [-0.25, -0.2) is 0 Å². The summed E-state index contributed by atoms with van der Waals surface area (Å²) in [6.45, 7) is 2.02. The molecule has 0 radical (unpaired) electrons. The Balaban J connectivity index is 1.57. The lowest BCUT2D eigenvalue weighted by atomic mass is 10.1. The van der Waals surface area contributed by atoms with Gasteiger partial charge in [-0.3, -0.25) is 14.9 Å². The molecule has 142 valence electrons. The number of rotatable bonds is 2. The maximum Gasteiger partial charge on any atom is 0.436 e. The van der Waals surface area contributed by atoms with Crippen LogP contribution in [0.5, 0.6) is 0 Å². The van der Waals surface area contributed by atoms with Crippen LogP contribution in [0.2, 0.25) is 0 Å². The number of halogens is 3. The third kappa shape index (κ3) is 3.16. The molecule has 1 atom stereocenters. The molecular formula is C17H15F3N4O3. The Bertz CT molecular complexity index is 909. The highest BCUT2D eigenvalue weighted by Crippen LogP contribution is 2.34. The van der Waals surface area contributed by atoms with Crippen molar-refractivity contribution in [3.05, 3.63) is 41.1 Å². The molecule has 1 unspecified atom stereocenters. The van der Waals surface area contributed by atoms with Crippen LogP contribution in [0.3, 0.4) is 0 Å². The molecule has 3 heterocycles. The van der Waals surface area contributed by atoms with Gasteiger partial charge in [0.15, 0.2) is 11.5 Å². The van der Waals surface area contributed by atoms with Crippen molar-refractivity contribution in [2.45, 2.75) is 18.6 Å². The number of ketones is 1. The molecule has 1 aromatic carbocycles. The minimum atomic E-state index is -4.66. The van der Waals surface area contributed by atoms with Gasteiger partial charge < -0.3 is 14.7 Å². The summed E-state index contributed by atoms with van der Waals surface area (Å²) in [5, 5.41) is 8.36. The molecule has 0 spiro atoms. The first-order valence-electron chi connectivity index (χ1n) is 8.35. The maximum absolute atomic E-state index is 12.6. The number of hydrogen-bond donors (Lipinski definition) is 2. The average Bonchev–Trinajstić information content (AvgIpc) is 3.09. The van der Waals surface area contributed by atoms with E-state index in [4.69, 9.17) is 0 Å². The molecule has 1 aromatic heterocycles. The smallest absolute Gasteiger partial charge is 0.359 e. The number of Topliss-reactive ketones (excluding diaryl/α,β-unsaturated/α-hetero) is 1. The summed E-state index contributed by atoms with van der Waals surface area (Å²) < 4.78 is 42.2. The molecule has 10 heteroatoms. The molecule has 7 nitrogen and oxygen atoms in total. The molecule has 0 aliphatic carbocycles. The van der Waals surface area contributed by atoms with Crippen LogP contribution in [-0.4, -0.2) is 42.5 Å². The lowest BCUT2D eigenvalue weighted by molar-refractivity contribution is -0.142. The van der Waals surface area contributed by atoms with E-state index in [1.165, 1.54) is 6.07 Å². The molecular weight excluding hydrogens is 365 g/mol. The van der Waals surface area contributed by atoms with Crippen LogP contribution < -0.4 is 15.5 Å². The van der Waals surface area contributed by atoms with Crippen molar-refractivity contribution in [3.63, 3.8) is 0 Å². The van der Waals surface area contributed by atoms with Crippen LogP contribution in [0.15, 0.2) is 28.8 Å². The van der Waals surface area contributed by atoms with Crippen molar-refractivity contribution in [2.24, 2.45) is 0 Å². The number of aromatic nitrogens is 1. The topological polar surface area (TPSA) is 87.5 Å². The molecule has 1 saturated heterocycles. The van der Waals surface area contributed by atoms with E-state index in [0.717, 1.165) is 13.0 Å². The zero-order valence-electron chi connectivity index (χ0n) is 14.0. The number of benzene rings is 1. The van der Waals surface area contributed by atoms with Gasteiger partial charge in [0, 0.05) is 36.0 Å². The van der Waals surface area contributed by atoms with Gasteiger partial charge in [0.05, 0.1) is 0 Å². The van der Waals surface area contributed by atoms with Crippen molar-refractivity contribution in [2.75, 3.05) is 29.9 Å². The first-order chi connectivity index (χ1) is 12.8. The minimum absolute atomic E-state index is 0.00332. The van der Waals surface area contributed by atoms with Gasteiger partial charge >= 0.3 is 6.18 Å². The van der Waals surface area contributed by atoms with E-state index < -0.39 is 23.7 Å². The Morgan fingerprint density at radius 3 is 2.89 bits per heavy atom. The van der Waals surface area contributed by atoms with E-state index in [1.807, 2.05) is 4.90 Å². The molecule has 4 rings (SSSR count). The van der Waals surface area contributed by atoms with Gasteiger partial charge in [-0.2, -0.15) is 13.2 Å². The lowest BCUT2D eigenvalue weighted by Crippen LogP contribution is -2.40. The molecule has 0 saturated carbocycles. The molecule has 2 aromatic rings. The second-order valence-corrected chi connectivity index (χ2v) is 6.39. The van der Waals surface area contributed by atoms with Crippen LogP contribution in [0.4, 0.5) is 24.7 Å². The van der Waals surface area contributed by atoms with Crippen LogP contribution >= 0.6 is 0 Å². The predicted octanol–water partition coefficient (Wildman–Crippen LogP) is 2.31. The van der Waals surface area contributed by atoms with Gasteiger partial charge in [-0.1, -0.05) is 5.16 Å². The molecule has 1 amide bonds. The second-order valence-electron chi connectivity index (χ2n) is 6.39. The summed E-state index contributed by atoms with van der Waals surface area (Å²) in [5.41, 5.74) is 0.191. The Kier molecular flexibility index (Phi) is 4.14. The average molecular weight is 380 g/mol. The number of nitrogens with one attached hydrogen (secondary N) is 2. The van der Waals surface area contributed by atoms with E-state index >= 15 is 0 Å². The summed E-state index contributed by atoms with van der Waals surface area (Å²) in [6.07, 6.45) is -3.80. The van der Waals surface area contributed by atoms with Crippen molar-refractivity contribution in [3.8, 4) is 0 Å². The first-order valence-corrected chi connectivity index (χ1v) is 8.35. The number of hydrogen-bond acceptors (Lipinski definition) is 6. The summed E-state index contributed by atoms with van der Waals surface area (Å²) >= 11 is 0. The first kappa shape index (κ1) is 17.5. The summed E-state index contributed by atoms with van der Waals surface area (Å²) in [5.74, 6) is -1.05. The zero-order chi connectivity index (χ0) is 19.2. The van der Waals surface area contributed by atoms with Crippen molar-refractivity contribution < 1.29 is 27.3 Å². The summed E-state index contributed by atoms with van der Waals surface area (Å²) in [4.78, 5) is 26.9. The van der Waals surface area contributed by atoms with E-state index in [2.05, 4.69) is 20.3 Å². The molecule has 2 aliphatic rings. The fourth-order valence-electron chi connectivity index (χ4n) is 3.35. The highest BCUT2D eigenvalue weighted by atomic mass is 19.4. The lowest BCUT2D eigenvalue weighted by Gasteiger charge is -2.23. The normalized spacial score (nSPS) is 19.4. The fraction of sp³-hybridized carbons (Fsp3) is 0.353. The SMILES string of the molecule is O=C(Nc1cc(C(F)(F)F)no1)c1ccc2c(c1)N1CCCNCC1C2=O. The number of alkyl halides is 3. The minimum Gasteiger partial charge on any atom is -0.359 e. The van der Waals surface area contributed by atoms with Gasteiger partial charge in [-0.05, 0) is 31.2 Å².